The maximum atomic E-state index is 11.6. The molecule has 1 aliphatic rings. The lowest BCUT2D eigenvalue weighted by atomic mass is 10.1. The number of nitrogens with two attached hydrogens (primary N) is 1. The predicted molar refractivity (Wildman–Crippen MR) is 63.7 cm³/mol. The number of carboxylic acid groups (broad SMARTS) is 1. The van der Waals surface area contributed by atoms with Crippen LogP contribution >= 0.6 is 0 Å². The second-order valence-electron chi connectivity index (χ2n) is 4.69. The van der Waals surface area contributed by atoms with Gasteiger partial charge in [0.1, 0.15) is 6.04 Å². The number of carbonyl (C=O) groups is 3. The number of nitrogens with one attached hydrogen (secondary N) is 2. The molecule has 0 saturated heterocycles. The number of hydrogen-bond acceptors (Lipinski definition) is 3. The van der Waals surface area contributed by atoms with Gasteiger partial charge < -0.3 is 21.5 Å². The van der Waals surface area contributed by atoms with Crippen molar-refractivity contribution in [3.8, 4) is 0 Å². The van der Waals surface area contributed by atoms with Crippen molar-refractivity contribution < 1.29 is 19.5 Å². The van der Waals surface area contributed by atoms with Gasteiger partial charge in [-0.2, -0.15) is 0 Å². The van der Waals surface area contributed by atoms with Crippen molar-refractivity contribution in [2.75, 3.05) is 0 Å². The summed E-state index contributed by atoms with van der Waals surface area (Å²) in [5, 5.41) is 13.8. The van der Waals surface area contributed by atoms with Gasteiger partial charge in [-0.3, -0.25) is 4.79 Å². The third-order valence-electron chi connectivity index (χ3n) is 3.19. The molecule has 0 aromatic rings. The standard InChI is InChI=1S/C11H19N3O4/c1-6-3-2-4-7(6)13-11(18)14-8(10(16)17)5-9(12)15/h6-8H,2-5H2,1H3,(H2,12,15)(H,16,17)(H2,13,14,18)/t6?,7?,8-/m0/s1. The Balaban J connectivity index is 2.45. The zero-order valence-corrected chi connectivity index (χ0v) is 10.3. The normalized spacial score (nSPS) is 24.3. The van der Waals surface area contributed by atoms with Gasteiger partial charge in [-0.1, -0.05) is 13.3 Å². The van der Waals surface area contributed by atoms with E-state index < -0.39 is 30.4 Å². The highest BCUT2D eigenvalue weighted by Gasteiger charge is 2.27. The maximum absolute atomic E-state index is 11.6. The Morgan fingerprint density at radius 1 is 1.39 bits per heavy atom. The van der Waals surface area contributed by atoms with Gasteiger partial charge in [-0.05, 0) is 18.8 Å². The van der Waals surface area contributed by atoms with E-state index in [4.69, 9.17) is 10.8 Å². The molecule has 1 saturated carbocycles. The summed E-state index contributed by atoms with van der Waals surface area (Å²) in [6.07, 6.45) is 2.58. The average Bonchev–Trinajstić information content (AvgIpc) is 2.62. The van der Waals surface area contributed by atoms with Crippen LogP contribution in [0.1, 0.15) is 32.6 Å². The lowest BCUT2D eigenvalue weighted by Gasteiger charge is -2.19. The monoisotopic (exact) mass is 257 g/mol. The van der Waals surface area contributed by atoms with Crippen molar-refractivity contribution in [3.63, 3.8) is 0 Å². The summed E-state index contributed by atoms with van der Waals surface area (Å²) in [4.78, 5) is 33.1. The van der Waals surface area contributed by atoms with Crippen molar-refractivity contribution in [1.29, 1.82) is 0 Å². The molecule has 3 amide bonds. The van der Waals surface area contributed by atoms with E-state index in [0.717, 1.165) is 19.3 Å². The summed E-state index contributed by atoms with van der Waals surface area (Å²) in [7, 11) is 0. The first kappa shape index (κ1) is 14.3. The van der Waals surface area contributed by atoms with Gasteiger partial charge >= 0.3 is 12.0 Å². The van der Waals surface area contributed by atoms with Crippen LogP contribution in [-0.2, 0) is 9.59 Å². The van der Waals surface area contributed by atoms with E-state index in [2.05, 4.69) is 10.6 Å². The zero-order chi connectivity index (χ0) is 13.7. The summed E-state index contributed by atoms with van der Waals surface area (Å²) in [5.74, 6) is -1.66. The van der Waals surface area contributed by atoms with Crippen molar-refractivity contribution in [2.24, 2.45) is 11.7 Å². The minimum atomic E-state index is -1.28. The minimum absolute atomic E-state index is 0.0630. The molecule has 7 nitrogen and oxygen atoms in total. The molecule has 1 rings (SSSR count). The molecular weight excluding hydrogens is 238 g/mol. The molecule has 0 aliphatic heterocycles. The van der Waals surface area contributed by atoms with Crippen LogP contribution in [-0.4, -0.2) is 35.1 Å². The Bertz CT molecular complexity index is 345. The Hall–Kier alpha value is -1.79. The maximum Gasteiger partial charge on any atom is 0.326 e. The molecule has 0 spiro atoms. The zero-order valence-electron chi connectivity index (χ0n) is 10.3. The lowest BCUT2D eigenvalue weighted by molar-refractivity contribution is -0.140. The fraction of sp³-hybridized carbons (Fsp3) is 0.727. The van der Waals surface area contributed by atoms with Crippen molar-refractivity contribution in [1.82, 2.24) is 10.6 Å². The van der Waals surface area contributed by atoms with Gasteiger partial charge in [0.15, 0.2) is 0 Å². The molecule has 0 bridgehead atoms. The minimum Gasteiger partial charge on any atom is -0.480 e. The molecule has 102 valence electrons. The highest BCUT2D eigenvalue weighted by atomic mass is 16.4. The molecule has 0 radical (unpaired) electrons. The highest BCUT2D eigenvalue weighted by molar-refractivity contribution is 5.87. The molecule has 7 heteroatoms. The number of rotatable bonds is 5. The van der Waals surface area contributed by atoms with E-state index in [1.165, 1.54) is 0 Å². The first-order valence-corrected chi connectivity index (χ1v) is 5.98. The largest absolute Gasteiger partial charge is 0.480 e. The smallest absolute Gasteiger partial charge is 0.326 e. The average molecular weight is 257 g/mol. The molecule has 0 heterocycles. The molecule has 0 aromatic carbocycles. The van der Waals surface area contributed by atoms with Gasteiger partial charge in [-0.15, -0.1) is 0 Å². The second-order valence-corrected chi connectivity index (χ2v) is 4.69. The third-order valence-corrected chi connectivity index (χ3v) is 3.19. The van der Waals surface area contributed by atoms with Crippen LogP contribution in [0.25, 0.3) is 0 Å². The molecule has 18 heavy (non-hydrogen) atoms. The van der Waals surface area contributed by atoms with Gasteiger partial charge in [0.05, 0.1) is 6.42 Å². The summed E-state index contributed by atoms with van der Waals surface area (Å²) < 4.78 is 0. The Morgan fingerprint density at radius 2 is 2.06 bits per heavy atom. The Kier molecular flexibility index (Phi) is 4.94. The molecule has 1 aliphatic carbocycles. The van der Waals surface area contributed by atoms with Crippen LogP contribution in [0.15, 0.2) is 0 Å². The van der Waals surface area contributed by atoms with Crippen molar-refractivity contribution in [3.05, 3.63) is 0 Å². The SMILES string of the molecule is CC1CCCC1NC(=O)N[C@@H](CC(N)=O)C(=O)O. The van der Waals surface area contributed by atoms with Gasteiger partial charge in [0.2, 0.25) is 5.91 Å². The number of carboxylic acids is 1. The lowest BCUT2D eigenvalue weighted by Crippen LogP contribution is -2.50. The number of amides is 3. The van der Waals surface area contributed by atoms with Crippen LogP contribution in [0, 0.1) is 5.92 Å². The summed E-state index contributed by atoms with van der Waals surface area (Å²) in [5.41, 5.74) is 4.92. The molecule has 0 aromatic heterocycles. The number of carbonyl (C=O) groups excluding carboxylic acids is 2. The topological polar surface area (TPSA) is 122 Å². The van der Waals surface area contributed by atoms with Crippen LogP contribution < -0.4 is 16.4 Å². The Morgan fingerprint density at radius 3 is 2.50 bits per heavy atom. The van der Waals surface area contributed by atoms with E-state index in [1.807, 2.05) is 6.92 Å². The molecular formula is C11H19N3O4. The van der Waals surface area contributed by atoms with Crippen LogP contribution in [0.5, 0.6) is 0 Å². The molecule has 1 fully saturated rings. The van der Waals surface area contributed by atoms with Crippen molar-refractivity contribution >= 4 is 17.9 Å². The van der Waals surface area contributed by atoms with E-state index in [1.54, 1.807) is 0 Å². The first-order chi connectivity index (χ1) is 8.40. The fourth-order valence-corrected chi connectivity index (χ4v) is 2.13. The quantitative estimate of drug-likeness (QED) is 0.545. The number of urea groups is 1. The van der Waals surface area contributed by atoms with Gasteiger partial charge in [0, 0.05) is 6.04 Å². The number of primary amides is 1. The van der Waals surface area contributed by atoms with Crippen LogP contribution in [0.3, 0.4) is 0 Å². The summed E-state index contributed by atoms with van der Waals surface area (Å²) >= 11 is 0. The van der Waals surface area contributed by atoms with Crippen molar-refractivity contribution in [2.45, 2.75) is 44.7 Å². The highest BCUT2D eigenvalue weighted by Crippen LogP contribution is 2.24. The fourth-order valence-electron chi connectivity index (χ4n) is 2.13. The number of aliphatic carboxylic acids is 1. The number of hydrogen-bond donors (Lipinski definition) is 4. The summed E-state index contributed by atoms with van der Waals surface area (Å²) in [6, 6.07) is -1.78. The third kappa shape index (κ3) is 4.23. The Labute approximate surface area is 105 Å². The van der Waals surface area contributed by atoms with E-state index >= 15 is 0 Å². The van der Waals surface area contributed by atoms with Gasteiger partial charge in [-0.25, -0.2) is 9.59 Å². The van der Waals surface area contributed by atoms with E-state index in [0.29, 0.717) is 5.92 Å². The second kappa shape index (κ2) is 6.23. The predicted octanol–water partition coefficient (Wildman–Crippen LogP) is -0.197. The first-order valence-electron chi connectivity index (χ1n) is 5.98. The van der Waals surface area contributed by atoms with Gasteiger partial charge in [0.25, 0.3) is 0 Å². The summed E-state index contributed by atoms with van der Waals surface area (Å²) in [6.45, 7) is 2.04. The molecule has 5 N–H and O–H groups in total. The molecule has 3 atom stereocenters. The van der Waals surface area contributed by atoms with Crippen LogP contribution in [0.4, 0.5) is 4.79 Å². The van der Waals surface area contributed by atoms with Crippen LogP contribution in [0.2, 0.25) is 0 Å². The molecule has 2 unspecified atom stereocenters. The van der Waals surface area contributed by atoms with E-state index in [9.17, 15) is 14.4 Å². The van der Waals surface area contributed by atoms with E-state index in [-0.39, 0.29) is 6.04 Å².